The van der Waals surface area contributed by atoms with Gasteiger partial charge in [-0.2, -0.15) is 0 Å². The Morgan fingerprint density at radius 3 is 1.57 bits per heavy atom. The summed E-state index contributed by atoms with van der Waals surface area (Å²) >= 11 is 1.87. The van der Waals surface area contributed by atoms with Gasteiger partial charge in [-0.05, 0) is 46.2 Å². The summed E-state index contributed by atoms with van der Waals surface area (Å²) in [7, 11) is 0. The van der Waals surface area contributed by atoms with E-state index in [-0.39, 0.29) is 0 Å². The molecule has 0 atom stereocenters. The largest absolute Gasteiger partial charge is 0.308 e. The average Bonchev–Trinajstić information content (AvgIpc) is 3.87. The molecule has 8 aromatic carbocycles. The third kappa shape index (κ3) is 5.61. The SMILES string of the molecule is c1ccc(-c2nc(-c3ccccc3)nc(-c3ccc(-c4ccc(-n5c6ccccc6c6sc7c8ccccc8nc(-c8cccc9ccccc89)c7c65)cc4)cc3)n2)cc1. The minimum Gasteiger partial charge on any atom is -0.308 e. The highest BCUT2D eigenvalue weighted by Crippen LogP contribution is 2.48. The highest BCUT2D eigenvalue weighted by atomic mass is 32.1. The molecular weight excluding hydrogens is 751 g/mol. The molecule has 60 heavy (non-hydrogen) atoms. The van der Waals surface area contributed by atoms with Crippen molar-refractivity contribution < 1.29 is 0 Å². The van der Waals surface area contributed by atoms with Gasteiger partial charge >= 0.3 is 0 Å². The maximum absolute atomic E-state index is 5.46. The molecule has 0 spiro atoms. The summed E-state index contributed by atoms with van der Waals surface area (Å²) < 4.78 is 4.97. The fraction of sp³-hybridized carbons (Fsp3) is 0. The molecule has 0 bridgehead atoms. The summed E-state index contributed by atoms with van der Waals surface area (Å²) in [5.41, 5.74) is 11.7. The maximum atomic E-state index is 5.46. The Bertz CT molecular complexity index is 3510. The highest BCUT2D eigenvalue weighted by molar-refractivity contribution is 7.27. The third-order valence-corrected chi connectivity index (χ3v) is 12.7. The van der Waals surface area contributed by atoms with Crippen molar-refractivity contribution >= 4 is 64.2 Å². The number of hydrogen-bond donors (Lipinski definition) is 0. The van der Waals surface area contributed by atoms with Gasteiger partial charge in [-0.25, -0.2) is 19.9 Å². The highest BCUT2D eigenvalue weighted by Gasteiger charge is 2.24. The third-order valence-electron chi connectivity index (χ3n) is 11.5. The zero-order valence-electron chi connectivity index (χ0n) is 32.2. The van der Waals surface area contributed by atoms with E-state index in [1.54, 1.807) is 0 Å². The molecule has 0 aliphatic heterocycles. The molecule has 0 saturated heterocycles. The van der Waals surface area contributed by atoms with Crippen molar-refractivity contribution in [2.45, 2.75) is 0 Å². The number of fused-ring (bicyclic) bond motifs is 8. The second-order valence-electron chi connectivity index (χ2n) is 15.0. The number of benzene rings is 8. The van der Waals surface area contributed by atoms with Crippen LogP contribution in [0.1, 0.15) is 0 Å². The number of nitrogens with zero attached hydrogens (tertiary/aromatic N) is 5. The fourth-order valence-electron chi connectivity index (χ4n) is 8.60. The molecule has 5 nitrogen and oxygen atoms in total. The molecule has 0 fully saturated rings. The minimum absolute atomic E-state index is 0.640. The Morgan fingerprint density at radius 2 is 0.883 bits per heavy atom. The number of pyridine rings is 1. The van der Waals surface area contributed by atoms with Crippen LogP contribution in [0.25, 0.3) is 115 Å². The molecule has 280 valence electrons. The number of rotatable bonds is 6. The van der Waals surface area contributed by atoms with Crippen LogP contribution in [0.3, 0.4) is 0 Å². The summed E-state index contributed by atoms with van der Waals surface area (Å²) in [6.45, 7) is 0. The van der Waals surface area contributed by atoms with E-state index in [2.05, 4.69) is 144 Å². The first-order valence-corrected chi connectivity index (χ1v) is 20.9. The Labute approximate surface area is 349 Å². The monoisotopic (exact) mass is 783 g/mol. The van der Waals surface area contributed by atoms with Crippen LogP contribution >= 0.6 is 11.3 Å². The zero-order chi connectivity index (χ0) is 39.6. The molecule has 0 radical (unpaired) electrons. The molecule has 12 rings (SSSR count). The van der Waals surface area contributed by atoms with Gasteiger partial charge in [-0.1, -0.05) is 176 Å². The standard InChI is InChI=1S/C54H33N5S/c1-3-15-37(16-4-1)52-56-53(38-17-5-2-6-18-38)58-54(57-52)39-28-26-34(27-29-39)35-30-32-40(33-31-35)59-46-25-12-10-22-44(46)51-49(59)47-48(42-23-13-19-36-14-7-8-20-41(36)42)55-45-24-11-9-21-43(45)50(47)60-51/h1-33H. The van der Waals surface area contributed by atoms with Crippen molar-refractivity contribution in [1.29, 1.82) is 0 Å². The van der Waals surface area contributed by atoms with Crippen LogP contribution in [0.15, 0.2) is 200 Å². The van der Waals surface area contributed by atoms with E-state index in [0.717, 1.165) is 50.3 Å². The quantitative estimate of drug-likeness (QED) is 0.169. The lowest BCUT2D eigenvalue weighted by molar-refractivity contribution is 1.07. The Morgan fingerprint density at radius 1 is 0.367 bits per heavy atom. The number of aromatic nitrogens is 5. The summed E-state index contributed by atoms with van der Waals surface area (Å²) in [6.07, 6.45) is 0. The number of hydrogen-bond acceptors (Lipinski definition) is 5. The minimum atomic E-state index is 0.640. The van der Waals surface area contributed by atoms with Gasteiger partial charge in [0, 0.05) is 48.8 Å². The van der Waals surface area contributed by atoms with Crippen molar-refractivity contribution in [3.8, 4) is 62.2 Å². The van der Waals surface area contributed by atoms with Gasteiger partial charge in [0.05, 0.1) is 26.9 Å². The Kier molecular flexibility index (Phi) is 7.96. The van der Waals surface area contributed by atoms with Crippen LogP contribution in [0.4, 0.5) is 0 Å². The first kappa shape index (κ1) is 34.3. The van der Waals surface area contributed by atoms with Gasteiger partial charge in [0.15, 0.2) is 17.5 Å². The second-order valence-corrected chi connectivity index (χ2v) is 16.0. The van der Waals surface area contributed by atoms with E-state index in [0.29, 0.717) is 17.5 Å². The summed E-state index contributed by atoms with van der Waals surface area (Å²) in [4.78, 5) is 20.2. The van der Waals surface area contributed by atoms with Crippen LogP contribution in [-0.2, 0) is 0 Å². The molecular formula is C54H33N5S. The van der Waals surface area contributed by atoms with E-state index in [9.17, 15) is 0 Å². The molecule has 6 heteroatoms. The van der Waals surface area contributed by atoms with E-state index in [1.807, 2.05) is 72.0 Å². The molecule has 12 aromatic rings. The van der Waals surface area contributed by atoms with Gasteiger partial charge in [-0.3, -0.25) is 0 Å². The first-order valence-electron chi connectivity index (χ1n) is 20.1. The van der Waals surface area contributed by atoms with Crippen LogP contribution < -0.4 is 0 Å². The van der Waals surface area contributed by atoms with Crippen molar-refractivity contribution in [2.75, 3.05) is 0 Å². The lowest BCUT2D eigenvalue weighted by Crippen LogP contribution is -2.00. The summed E-state index contributed by atoms with van der Waals surface area (Å²) in [5.74, 6) is 1.94. The van der Waals surface area contributed by atoms with E-state index < -0.39 is 0 Å². The predicted octanol–water partition coefficient (Wildman–Crippen LogP) is 14.2. The lowest BCUT2D eigenvalue weighted by atomic mass is 9.98. The molecule has 0 aliphatic carbocycles. The second kappa shape index (κ2) is 13.9. The topological polar surface area (TPSA) is 56.5 Å². The van der Waals surface area contributed by atoms with Gasteiger partial charge in [0.2, 0.25) is 0 Å². The van der Waals surface area contributed by atoms with Crippen LogP contribution in [0, 0.1) is 0 Å². The van der Waals surface area contributed by atoms with E-state index >= 15 is 0 Å². The number of thiophene rings is 1. The van der Waals surface area contributed by atoms with Crippen molar-refractivity contribution in [3.63, 3.8) is 0 Å². The average molecular weight is 784 g/mol. The fourth-order valence-corrected chi connectivity index (χ4v) is 9.95. The van der Waals surface area contributed by atoms with E-state index in [4.69, 9.17) is 19.9 Å². The lowest BCUT2D eigenvalue weighted by Gasteiger charge is -2.13. The van der Waals surface area contributed by atoms with Crippen LogP contribution in [-0.4, -0.2) is 24.5 Å². The smallest absolute Gasteiger partial charge is 0.164 e. The number of para-hydroxylation sites is 2. The maximum Gasteiger partial charge on any atom is 0.164 e. The molecule has 4 aromatic heterocycles. The zero-order valence-corrected chi connectivity index (χ0v) is 33.0. The van der Waals surface area contributed by atoms with Gasteiger partial charge in [0.1, 0.15) is 0 Å². The molecule has 0 N–H and O–H groups in total. The van der Waals surface area contributed by atoms with Gasteiger partial charge < -0.3 is 4.57 Å². The van der Waals surface area contributed by atoms with E-state index in [1.165, 1.54) is 47.4 Å². The summed E-state index contributed by atoms with van der Waals surface area (Å²) in [5, 5.41) is 6.01. The van der Waals surface area contributed by atoms with Crippen molar-refractivity contribution in [2.24, 2.45) is 0 Å². The normalized spacial score (nSPS) is 11.7. The molecule has 0 aliphatic rings. The molecule has 0 unspecified atom stereocenters. The van der Waals surface area contributed by atoms with Crippen LogP contribution in [0.5, 0.6) is 0 Å². The molecule has 0 amide bonds. The summed E-state index contributed by atoms with van der Waals surface area (Å²) in [6, 6.07) is 70.1. The molecule has 4 heterocycles. The predicted molar refractivity (Wildman–Crippen MR) is 250 cm³/mol. The van der Waals surface area contributed by atoms with Gasteiger partial charge in [0.25, 0.3) is 0 Å². The Hall–Kier alpha value is -7.80. The first-order chi connectivity index (χ1) is 29.7. The molecule has 0 saturated carbocycles. The van der Waals surface area contributed by atoms with Crippen molar-refractivity contribution in [1.82, 2.24) is 24.5 Å². The Balaban J connectivity index is 0.984. The van der Waals surface area contributed by atoms with Crippen molar-refractivity contribution in [3.05, 3.63) is 200 Å². The van der Waals surface area contributed by atoms with Gasteiger partial charge in [-0.15, -0.1) is 11.3 Å². The van der Waals surface area contributed by atoms with Crippen LogP contribution in [0.2, 0.25) is 0 Å².